The summed E-state index contributed by atoms with van der Waals surface area (Å²) in [7, 11) is 0. The SMILES string of the molecule is CCC1OC1CC(C)c1cc(C)c(C)cc1Br. The number of epoxide rings is 1. The summed E-state index contributed by atoms with van der Waals surface area (Å²) in [5, 5.41) is 0. The number of hydrogen-bond acceptors (Lipinski definition) is 1. The summed E-state index contributed by atoms with van der Waals surface area (Å²) in [6.07, 6.45) is 3.29. The quantitative estimate of drug-likeness (QED) is 0.731. The third-order valence-electron chi connectivity index (χ3n) is 3.82. The topological polar surface area (TPSA) is 12.5 Å². The van der Waals surface area contributed by atoms with E-state index < -0.39 is 0 Å². The molecule has 1 fully saturated rings. The van der Waals surface area contributed by atoms with Crippen LogP contribution in [0.3, 0.4) is 0 Å². The Balaban J connectivity index is 2.08. The maximum atomic E-state index is 5.64. The zero-order valence-corrected chi connectivity index (χ0v) is 12.7. The highest BCUT2D eigenvalue weighted by Gasteiger charge is 2.38. The first-order valence-corrected chi connectivity index (χ1v) is 7.24. The number of ether oxygens (including phenoxy) is 1. The van der Waals surface area contributed by atoms with Gasteiger partial charge in [0.2, 0.25) is 0 Å². The third-order valence-corrected chi connectivity index (χ3v) is 4.51. The van der Waals surface area contributed by atoms with Gasteiger partial charge in [0, 0.05) is 4.47 Å². The van der Waals surface area contributed by atoms with E-state index >= 15 is 0 Å². The van der Waals surface area contributed by atoms with E-state index in [4.69, 9.17) is 4.74 Å². The van der Waals surface area contributed by atoms with Crippen molar-refractivity contribution in [3.05, 3.63) is 33.3 Å². The zero-order valence-electron chi connectivity index (χ0n) is 11.1. The van der Waals surface area contributed by atoms with E-state index in [1.54, 1.807) is 0 Å². The van der Waals surface area contributed by atoms with Gasteiger partial charge in [-0.1, -0.05) is 35.8 Å². The third kappa shape index (κ3) is 2.92. The van der Waals surface area contributed by atoms with Gasteiger partial charge in [-0.3, -0.25) is 0 Å². The smallest absolute Gasteiger partial charge is 0.0847 e. The van der Waals surface area contributed by atoms with Crippen molar-refractivity contribution in [1.29, 1.82) is 0 Å². The van der Waals surface area contributed by atoms with Gasteiger partial charge in [0.05, 0.1) is 12.2 Å². The second kappa shape index (κ2) is 5.11. The molecular formula is C15H21BrO. The van der Waals surface area contributed by atoms with Gasteiger partial charge in [0.15, 0.2) is 0 Å². The molecule has 0 radical (unpaired) electrons. The molecule has 2 rings (SSSR count). The molecule has 0 N–H and O–H groups in total. The largest absolute Gasteiger partial charge is 0.370 e. The highest BCUT2D eigenvalue weighted by molar-refractivity contribution is 9.10. The van der Waals surface area contributed by atoms with Gasteiger partial charge < -0.3 is 4.74 Å². The number of rotatable bonds is 4. The molecule has 1 nitrogen and oxygen atoms in total. The number of benzene rings is 1. The van der Waals surface area contributed by atoms with Crippen LogP contribution in [0, 0.1) is 13.8 Å². The van der Waals surface area contributed by atoms with Crippen molar-refractivity contribution < 1.29 is 4.74 Å². The van der Waals surface area contributed by atoms with Crippen LogP contribution in [0.1, 0.15) is 49.3 Å². The summed E-state index contributed by atoms with van der Waals surface area (Å²) in [5.74, 6) is 0.560. The van der Waals surface area contributed by atoms with Gasteiger partial charge in [-0.25, -0.2) is 0 Å². The van der Waals surface area contributed by atoms with E-state index in [-0.39, 0.29) is 0 Å². The van der Waals surface area contributed by atoms with Crippen LogP contribution in [-0.4, -0.2) is 12.2 Å². The fourth-order valence-electron chi connectivity index (χ4n) is 2.40. The summed E-state index contributed by atoms with van der Waals surface area (Å²) in [4.78, 5) is 0. The van der Waals surface area contributed by atoms with Gasteiger partial charge in [0.1, 0.15) is 0 Å². The summed E-state index contributed by atoms with van der Waals surface area (Å²) >= 11 is 3.68. The zero-order chi connectivity index (χ0) is 12.6. The molecule has 0 saturated carbocycles. The summed E-state index contributed by atoms with van der Waals surface area (Å²) < 4.78 is 6.87. The molecule has 3 atom stereocenters. The van der Waals surface area contributed by atoms with Crippen molar-refractivity contribution in [1.82, 2.24) is 0 Å². The molecule has 1 aliphatic rings. The molecule has 1 aliphatic heterocycles. The highest BCUT2D eigenvalue weighted by Crippen LogP contribution is 2.37. The van der Waals surface area contributed by atoms with E-state index in [1.165, 1.54) is 21.2 Å². The minimum Gasteiger partial charge on any atom is -0.370 e. The Morgan fingerprint density at radius 1 is 1.24 bits per heavy atom. The average molecular weight is 297 g/mol. The number of hydrogen-bond donors (Lipinski definition) is 0. The summed E-state index contributed by atoms with van der Waals surface area (Å²) in [6.45, 7) is 8.83. The molecule has 1 heterocycles. The van der Waals surface area contributed by atoms with Crippen molar-refractivity contribution in [2.75, 3.05) is 0 Å². The lowest BCUT2D eigenvalue weighted by Gasteiger charge is -2.15. The Morgan fingerprint density at radius 2 is 1.88 bits per heavy atom. The van der Waals surface area contributed by atoms with Crippen LogP contribution >= 0.6 is 15.9 Å². The van der Waals surface area contributed by atoms with Crippen LogP contribution < -0.4 is 0 Å². The monoisotopic (exact) mass is 296 g/mol. The Kier molecular flexibility index (Phi) is 3.94. The molecule has 17 heavy (non-hydrogen) atoms. The van der Waals surface area contributed by atoms with Gasteiger partial charge in [-0.2, -0.15) is 0 Å². The van der Waals surface area contributed by atoms with Crippen LogP contribution in [0.25, 0.3) is 0 Å². The van der Waals surface area contributed by atoms with Crippen molar-refractivity contribution in [3.63, 3.8) is 0 Å². The second-order valence-corrected chi connectivity index (χ2v) is 6.07. The van der Waals surface area contributed by atoms with E-state index in [9.17, 15) is 0 Å². The van der Waals surface area contributed by atoms with E-state index in [1.807, 2.05) is 0 Å². The molecule has 1 aromatic rings. The fraction of sp³-hybridized carbons (Fsp3) is 0.600. The maximum absolute atomic E-state index is 5.64. The maximum Gasteiger partial charge on any atom is 0.0847 e. The van der Waals surface area contributed by atoms with Crippen molar-refractivity contribution in [3.8, 4) is 0 Å². The molecule has 2 heteroatoms. The molecule has 3 unspecified atom stereocenters. The Bertz CT molecular complexity index is 414. The molecule has 0 amide bonds. The van der Waals surface area contributed by atoms with Gasteiger partial charge >= 0.3 is 0 Å². The summed E-state index contributed by atoms with van der Waals surface area (Å²) in [6, 6.07) is 4.54. The Morgan fingerprint density at radius 3 is 2.47 bits per heavy atom. The molecule has 1 aromatic carbocycles. The normalized spacial score (nSPS) is 24.8. The second-order valence-electron chi connectivity index (χ2n) is 5.22. The Labute approximate surface area is 113 Å². The first-order valence-electron chi connectivity index (χ1n) is 6.45. The lowest BCUT2D eigenvalue weighted by molar-refractivity contribution is 0.353. The van der Waals surface area contributed by atoms with Crippen LogP contribution in [-0.2, 0) is 4.74 Å². The van der Waals surface area contributed by atoms with E-state index in [0.29, 0.717) is 18.1 Å². The molecular weight excluding hydrogens is 276 g/mol. The van der Waals surface area contributed by atoms with Crippen LogP contribution in [0.15, 0.2) is 16.6 Å². The minimum absolute atomic E-state index is 0.489. The van der Waals surface area contributed by atoms with Crippen LogP contribution in [0.5, 0.6) is 0 Å². The number of aryl methyl sites for hydroxylation is 2. The minimum atomic E-state index is 0.489. The molecule has 0 aromatic heterocycles. The lowest BCUT2D eigenvalue weighted by Crippen LogP contribution is -2.02. The molecule has 0 aliphatic carbocycles. The van der Waals surface area contributed by atoms with Crippen molar-refractivity contribution in [2.24, 2.45) is 0 Å². The predicted molar refractivity (Wildman–Crippen MR) is 75.6 cm³/mol. The van der Waals surface area contributed by atoms with Crippen LogP contribution in [0.4, 0.5) is 0 Å². The molecule has 94 valence electrons. The van der Waals surface area contributed by atoms with Crippen molar-refractivity contribution in [2.45, 2.75) is 58.7 Å². The fourth-order valence-corrected chi connectivity index (χ4v) is 3.25. The first-order chi connectivity index (χ1) is 8.02. The van der Waals surface area contributed by atoms with E-state index in [2.05, 4.69) is 55.8 Å². The molecule has 1 saturated heterocycles. The first kappa shape index (κ1) is 13.1. The van der Waals surface area contributed by atoms with E-state index in [0.717, 1.165) is 12.8 Å². The predicted octanol–water partition coefficient (Wildman–Crippen LogP) is 4.74. The molecule has 0 bridgehead atoms. The standard InChI is InChI=1S/C15H21BrO/c1-5-14-15(17-14)8-11(4)12-6-9(2)10(3)7-13(12)16/h6-7,11,14-15H,5,8H2,1-4H3. The van der Waals surface area contributed by atoms with Gasteiger partial charge in [0.25, 0.3) is 0 Å². The van der Waals surface area contributed by atoms with Crippen molar-refractivity contribution >= 4 is 15.9 Å². The Hall–Kier alpha value is -0.340. The van der Waals surface area contributed by atoms with Gasteiger partial charge in [-0.05, 0) is 55.4 Å². The highest BCUT2D eigenvalue weighted by atomic mass is 79.9. The molecule has 0 spiro atoms. The average Bonchev–Trinajstić information content (AvgIpc) is 3.01. The van der Waals surface area contributed by atoms with Crippen LogP contribution in [0.2, 0.25) is 0 Å². The lowest BCUT2D eigenvalue weighted by atomic mass is 9.92. The van der Waals surface area contributed by atoms with Gasteiger partial charge in [-0.15, -0.1) is 0 Å². The number of halogens is 1. The summed E-state index contributed by atoms with van der Waals surface area (Å²) in [5.41, 5.74) is 4.14.